The summed E-state index contributed by atoms with van der Waals surface area (Å²) in [6.45, 7) is 0.893. The zero-order valence-corrected chi connectivity index (χ0v) is 13.0. The lowest BCUT2D eigenvalue weighted by atomic mass is 10.2. The predicted octanol–water partition coefficient (Wildman–Crippen LogP) is 3.21. The van der Waals surface area contributed by atoms with E-state index in [-0.39, 0.29) is 5.91 Å². The highest BCUT2D eigenvalue weighted by molar-refractivity contribution is 6.35. The van der Waals surface area contributed by atoms with Gasteiger partial charge in [0.15, 0.2) is 0 Å². The van der Waals surface area contributed by atoms with Crippen molar-refractivity contribution in [3.8, 4) is 0 Å². The fraction of sp³-hybridized carbons (Fsp3) is 0.286. The molecule has 5 nitrogen and oxygen atoms in total. The molecule has 21 heavy (non-hydrogen) atoms. The number of methoxy groups -OCH3 is 1. The highest BCUT2D eigenvalue weighted by Crippen LogP contribution is 2.22. The number of benzene rings is 1. The van der Waals surface area contributed by atoms with Crippen LogP contribution in [0.25, 0.3) is 0 Å². The molecule has 0 fully saturated rings. The summed E-state index contributed by atoms with van der Waals surface area (Å²) in [5, 5.41) is 8.12. The van der Waals surface area contributed by atoms with E-state index >= 15 is 0 Å². The number of carbonyl (C=O) groups is 1. The topological polar surface area (TPSA) is 56.1 Å². The Labute approximate surface area is 132 Å². The molecule has 1 amide bonds. The Kier molecular flexibility index (Phi) is 5.61. The Bertz CT molecular complexity index is 628. The Morgan fingerprint density at radius 2 is 2.24 bits per heavy atom. The Hall–Kier alpha value is -1.56. The number of halogens is 2. The molecule has 0 bridgehead atoms. The van der Waals surface area contributed by atoms with E-state index in [0.717, 1.165) is 5.56 Å². The van der Waals surface area contributed by atoms with Crippen molar-refractivity contribution in [3.63, 3.8) is 0 Å². The first-order valence-electron chi connectivity index (χ1n) is 6.33. The van der Waals surface area contributed by atoms with Crippen molar-refractivity contribution < 1.29 is 9.53 Å². The average Bonchev–Trinajstić information content (AvgIpc) is 2.87. The maximum absolute atomic E-state index is 11.6. The van der Waals surface area contributed by atoms with Gasteiger partial charge in [0.05, 0.1) is 31.5 Å². The number of hydrogen-bond acceptors (Lipinski definition) is 3. The number of ether oxygens (including phenoxy) is 1. The maximum Gasteiger partial charge on any atom is 0.226 e. The van der Waals surface area contributed by atoms with Crippen molar-refractivity contribution in [2.75, 3.05) is 19.0 Å². The maximum atomic E-state index is 11.6. The van der Waals surface area contributed by atoms with Gasteiger partial charge < -0.3 is 10.1 Å². The van der Waals surface area contributed by atoms with Crippen molar-refractivity contribution >= 4 is 34.8 Å². The first-order chi connectivity index (χ1) is 10.1. The summed E-state index contributed by atoms with van der Waals surface area (Å²) < 4.78 is 6.55. The summed E-state index contributed by atoms with van der Waals surface area (Å²) in [6.07, 6.45) is 3.65. The fourth-order valence-corrected chi connectivity index (χ4v) is 2.23. The van der Waals surface area contributed by atoms with Crippen LogP contribution < -0.4 is 5.32 Å². The number of amides is 1. The summed E-state index contributed by atoms with van der Waals surface area (Å²) in [4.78, 5) is 11.6. The average molecular weight is 328 g/mol. The summed E-state index contributed by atoms with van der Waals surface area (Å²) in [6, 6.07) is 5.32. The SMILES string of the molecule is COCCC(=O)Nc1cnn(Cc2ccc(Cl)cc2Cl)c1. The van der Waals surface area contributed by atoms with Crippen LogP contribution in [0, 0.1) is 0 Å². The van der Waals surface area contributed by atoms with Gasteiger partial charge in [-0.2, -0.15) is 5.10 Å². The van der Waals surface area contributed by atoms with E-state index < -0.39 is 0 Å². The van der Waals surface area contributed by atoms with Crippen LogP contribution in [-0.4, -0.2) is 29.4 Å². The molecule has 0 aliphatic heterocycles. The standard InChI is InChI=1S/C14H15Cl2N3O2/c1-21-5-4-14(20)18-12-7-17-19(9-12)8-10-2-3-11(15)6-13(10)16/h2-3,6-7,9H,4-5,8H2,1H3,(H,18,20). The van der Waals surface area contributed by atoms with Crippen LogP contribution in [0.4, 0.5) is 5.69 Å². The molecule has 1 heterocycles. The van der Waals surface area contributed by atoms with Crippen molar-refractivity contribution in [3.05, 3.63) is 46.2 Å². The normalized spacial score (nSPS) is 10.6. The van der Waals surface area contributed by atoms with Gasteiger partial charge in [0, 0.05) is 23.4 Å². The van der Waals surface area contributed by atoms with Crippen molar-refractivity contribution in [1.82, 2.24) is 9.78 Å². The van der Waals surface area contributed by atoms with E-state index in [0.29, 0.717) is 35.3 Å². The first kappa shape index (κ1) is 15.8. The molecule has 0 saturated carbocycles. The number of aromatic nitrogens is 2. The van der Waals surface area contributed by atoms with E-state index in [1.165, 1.54) is 0 Å². The Balaban J connectivity index is 1.98. The van der Waals surface area contributed by atoms with Gasteiger partial charge in [0.25, 0.3) is 0 Å². The third kappa shape index (κ3) is 4.74. The smallest absolute Gasteiger partial charge is 0.226 e. The largest absolute Gasteiger partial charge is 0.384 e. The van der Waals surface area contributed by atoms with Crippen LogP contribution >= 0.6 is 23.2 Å². The van der Waals surface area contributed by atoms with Gasteiger partial charge >= 0.3 is 0 Å². The molecule has 1 N–H and O–H groups in total. The molecule has 0 atom stereocenters. The molecule has 0 saturated heterocycles. The number of anilines is 1. The molecule has 0 radical (unpaired) electrons. The van der Waals surface area contributed by atoms with Crippen LogP contribution in [0.5, 0.6) is 0 Å². The van der Waals surface area contributed by atoms with E-state index in [1.54, 1.807) is 36.3 Å². The van der Waals surface area contributed by atoms with Gasteiger partial charge in [-0.15, -0.1) is 0 Å². The van der Waals surface area contributed by atoms with Gasteiger partial charge in [-0.3, -0.25) is 9.48 Å². The minimum atomic E-state index is -0.110. The molecule has 2 rings (SSSR count). The van der Waals surface area contributed by atoms with Gasteiger partial charge in [-0.05, 0) is 17.7 Å². The van der Waals surface area contributed by atoms with E-state index in [9.17, 15) is 4.79 Å². The van der Waals surface area contributed by atoms with Crippen LogP contribution in [0.1, 0.15) is 12.0 Å². The second kappa shape index (κ2) is 7.45. The van der Waals surface area contributed by atoms with Crippen molar-refractivity contribution in [2.45, 2.75) is 13.0 Å². The summed E-state index contributed by atoms with van der Waals surface area (Å²) in [7, 11) is 1.56. The highest BCUT2D eigenvalue weighted by atomic mass is 35.5. The van der Waals surface area contributed by atoms with Crippen LogP contribution in [0.3, 0.4) is 0 Å². The molecule has 2 aromatic rings. The third-order valence-corrected chi connectivity index (χ3v) is 3.38. The lowest BCUT2D eigenvalue weighted by molar-refractivity contribution is -0.117. The fourth-order valence-electron chi connectivity index (χ4n) is 1.76. The second-order valence-corrected chi connectivity index (χ2v) is 5.30. The van der Waals surface area contributed by atoms with Gasteiger partial charge in [0.2, 0.25) is 5.91 Å². The predicted molar refractivity (Wildman–Crippen MR) is 82.9 cm³/mol. The first-order valence-corrected chi connectivity index (χ1v) is 7.09. The molecule has 1 aromatic heterocycles. The second-order valence-electron chi connectivity index (χ2n) is 4.45. The van der Waals surface area contributed by atoms with Gasteiger partial charge in [-0.25, -0.2) is 0 Å². The lowest BCUT2D eigenvalue weighted by Gasteiger charge is -2.05. The van der Waals surface area contributed by atoms with E-state index in [4.69, 9.17) is 27.9 Å². The molecule has 0 aliphatic carbocycles. The monoisotopic (exact) mass is 327 g/mol. The van der Waals surface area contributed by atoms with Gasteiger partial charge in [-0.1, -0.05) is 29.3 Å². The number of nitrogens with zero attached hydrogens (tertiary/aromatic N) is 2. The summed E-state index contributed by atoms with van der Waals surface area (Å²) >= 11 is 12.0. The lowest BCUT2D eigenvalue weighted by Crippen LogP contribution is -2.13. The van der Waals surface area contributed by atoms with Crippen molar-refractivity contribution in [1.29, 1.82) is 0 Å². The minimum Gasteiger partial charge on any atom is -0.384 e. The molecular formula is C14H15Cl2N3O2. The highest BCUT2D eigenvalue weighted by Gasteiger charge is 2.06. The molecule has 7 heteroatoms. The molecule has 0 spiro atoms. The van der Waals surface area contributed by atoms with Crippen LogP contribution in [0.15, 0.2) is 30.6 Å². The third-order valence-electron chi connectivity index (χ3n) is 2.80. The van der Waals surface area contributed by atoms with E-state index in [2.05, 4.69) is 10.4 Å². The Morgan fingerprint density at radius 3 is 2.95 bits per heavy atom. The quantitative estimate of drug-likeness (QED) is 0.886. The van der Waals surface area contributed by atoms with Crippen molar-refractivity contribution in [2.24, 2.45) is 0 Å². The van der Waals surface area contributed by atoms with E-state index in [1.807, 2.05) is 6.07 Å². The summed E-state index contributed by atoms with van der Waals surface area (Å²) in [5.41, 5.74) is 1.54. The summed E-state index contributed by atoms with van der Waals surface area (Å²) in [5.74, 6) is -0.110. The number of carbonyl (C=O) groups excluding carboxylic acids is 1. The Morgan fingerprint density at radius 1 is 1.43 bits per heavy atom. The molecular weight excluding hydrogens is 313 g/mol. The molecule has 0 unspecified atom stereocenters. The molecule has 1 aromatic carbocycles. The van der Waals surface area contributed by atoms with Gasteiger partial charge in [0.1, 0.15) is 0 Å². The zero-order chi connectivity index (χ0) is 15.2. The number of nitrogens with one attached hydrogen (secondary N) is 1. The zero-order valence-electron chi connectivity index (χ0n) is 11.5. The van der Waals surface area contributed by atoms with Crippen LogP contribution in [0.2, 0.25) is 10.0 Å². The number of rotatable bonds is 6. The van der Waals surface area contributed by atoms with Crippen LogP contribution in [-0.2, 0) is 16.1 Å². The molecule has 0 aliphatic rings. The minimum absolute atomic E-state index is 0.110. The number of hydrogen-bond donors (Lipinski definition) is 1. The molecule has 112 valence electrons.